The number of carboxylic acids is 1. The average Bonchev–Trinajstić information content (AvgIpc) is 2.11. The minimum Gasteiger partial charge on any atom is -0.481 e. The van der Waals surface area contributed by atoms with Gasteiger partial charge in [0.1, 0.15) is 5.92 Å². The number of carbonyl (C=O) groups is 3. The molecule has 2 amide bonds. The summed E-state index contributed by atoms with van der Waals surface area (Å²) in [6, 6.07) is 0. The summed E-state index contributed by atoms with van der Waals surface area (Å²) in [4.78, 5) is 33.5. The zero-order valence-corrected chi connectivity index (χ0v) is 8.19. The average molecular weight is 202 g/mol. The molecule has 0 rings (SSSR count). The van der Waals surface area contributed by atoms with Crippen molar-refractivity contribution in [2.24, 2.45) is 11.7 Å². The van der Waals surface area contributed by atoms with Gasteiger partial charge < -0.3 is 15.7 Å². The van der Waals surface area contributed by atoms with Gasteiger partial charge in [-0.15, -0.1) is 0 Å². The van der Waals surface area contributed by atoms with Gasteiger partial charge in [0.05, 0.1) is 6.54 Å². The molecule has 0 fully saturated rings. The molecule has 0 bridgehead atoms. The smallest absolute Gasteiger partial charge is 0.315 e. The first-order chi connectivity index (χ1) is 6.40. The molecule has 0 spiro atoms. The first-order valence-electron chi connectivity index (χ1n) is 4.20. The van der Waals surface area contributed by atoms with Crippen LogP contribution in [0.5, 0.6) is 0 Å². The van der Waals surface area contributed by atoms with Crippen molar-refractivity contribution in [1.82, 2.24) is 4.90 Å². The number of rotatable bonds is 5. The maximum Gasteiger partial charge on any atom is 0.315 e. The Morgan fingerprint density at radius 3 is 2.21 bits per heavy atom. The van der Waals surface area contributed by atoms with Crippen molar-refractivity contribution in [3.05, 3.63) is 0 Å². The van der Waals surface area contributed by atoms with E-state index in [4.69, 9.17) is 10.8 Å². The summed E-state index contributed by atoms with van der Waals surface area (Å²) in [7, 11) is 0. The molecule has 0 radical (unpaired) electrons. The number of nitrogens with zero attached hydrogens (tertiary/aromatic N) is 1. The van der Waals surface area contributed by atoms with Crippen LogP contribution in [0.2, 0.25) is 0 Å². The van der Waals surface area contributed by atoms with Gasteiger partial charge in [0.2, 0.25) is 11.8 Å². The van der Waals surface area contributed by atoms with Gasteiger partial charge in [-0.25, -0.2) is 0 Å². The molecule has 1 unspecified atom stereocenters. The van der Waals surface area contributed by atoms with Gasteiger partial charge in [-0.2, -0.15) is 0 Å². The van der Waals surface area contributed by atoms with E-state index in [0.717, 1.165) is 4.90 Å². The number of likely N-dealkylation sites (N-methyl/N-ethyl adjacent to an activating group) is 1. The lowest BCUT2D eigenvalue weighted by atomic mass is 10.1. The molecule has 6 heteroatoms. The summed E-state index contributed by atoms with van der Waals surface area (Å²) < 4.78 is 0. The number of carboxylic acid groups (broad SMARTS) is 1. The number of carbonyl (C=O) groups excluding carboxylic acids is 2. The largest absolute Gasteiger partial charge is 0.481 e. The molecular weight excluding hydrogens is 188 g/mol. The third-order valence-electron chi connectivity index (χ3n) is 1.78. The molecule has 0 saturated heterocycles. The van der Waals surface area contributed by atoms with Crippen LogP contribution in [-0.2, 0) is 14.4 Å². The second-order valence-corrected chi connectivity index (χ2v) is 2.88. The lowest BCUT2D eigenvalue weighted by Gasteiger charge is -2.20. The number of amides is 2. The maximum absolute atomic E-state index is 11.4. The SMILES string of the molecule is CCN(CC(N)=O)C(=O)C(C)C(=O)O. The summed E-state index contributed by atoms with van der Waals surface area (Å²) in [5.74, 6) is -3.61. The second kappa shape index (κ2) is 5.21. The Morgan fingerprint density at radius 2 is 1.93 bits per heavy atom. The summed E-state index contributed by atoms with van der Waals surface area (Å²) in [5.41, 5.74) is 4.90. The number of aliphatic carboxylic acids is 1. The molecule has 0 aromatic rings. The lowest BCUT2D eigenvalue weighted by Crippen LogP contribution is -2.42. The Morgan fingerprint density at radius 1 is 1.43 bits per heavy atom. The van der Waals surface area contributed by atoms with E-state index in [9.17, 15) is 14.4 Å². The highest BCUT2D eigenvalue weighted by atomic mass is 16.4. The fourth-order valence-electron chi connectivity index (χ4n) is 0.913. The second-order valence-electron chi connectivity index (χ2n) is 2.88. The van der Waals surface area contributed by atoms with Crippen LogP contribution in [0.1, 0.15) is 13.8 Å². The van der Waals surface area contributed by atoms with Crippen LogP contribution in [0.15, 0.2) is 0 Å². The molecule has 0 heterocycles. The molecule has 80 valence electrons. The van der Waals surface area contributed by atoms with Crippen LogP contribution in [-0.4, -0.2) is 40.9 Å². The summed E-state index contributed by atoms with van der Waals surface area (Å²) in [6.07, 6.45) is 0. The molecule has 0 aliphatic rings. The third kappa shape index (κ3) is 3.42. The van der Waals surface area contributed by atoms with Gasteiger partial charge in [-0.1, -0.05) is 0 Å². The minimum atomic E-state index is -1.21. The number of primary amides is 1. The monoisotopic (exact) mass is 202 g/mol. The van der Waals surface area contributed by atoms with Crippen LogP contribution in [0.3, 0.4) is 0 Å². The summed E-state index contributed by atoms with van der Waals surface area (Å²) in [5, 5.41) is 8.57. The summed E-state index contributed by atoms with van der Waals surface area (Å²) in [6.45, 7) is 2.94. The molecule has 0 aliphatic carbocycles. The van der Waals surface area contributed by atoms with E-state index >= 15 is 0 Å². The van der Waals surface area contributed by atoms with Crippen molar-refractivity contribution in [2.75, 3.05) is 13.1 Å². The van der Waals surface area contributed by atoms with Crippen LogP contribution >= 0.6 is 0 Å². The predicted octanol–water partition coefficient (Wildman–Crippen LogP) is -0.959. The number of hydrogen-bond donors (Lipinski definition) is 2. The quantitative estimate of drug-likeness (QED) is 0.561. The standard InChI is InChI=1S/C8H14N2O4/c1-3-10(4-6(9)11)7(12)5(2)8(13)14/h5H,3-4H2,1-2H3,(H2,9,11)(H,13,14). The van der Waals surface area contributed by atoms with Crippen LogP contribution in [0.4, 0.5) is 0 Å². The Hall–Kier alpha value is -1.59. The number of nitrogens with two attached hydrogens (primary N) is 1. The van der Waals surface area contributed by atoms with E-state index in [2.05, 4.69) is 0 Å². The van der Waals surface area contributed by atoms with Crippen molar-refractivity contribution in [2.45, 2.75) is 13.8 Å². The van der Waals surface area contributed by atoms with E-state index in [1.807, 2.05) is 0 Å². The summed E-state index contributed by atoms with van der Waals surface area (Å²) >= 11 is 0. The van der Waals surface area contributed by atoms with Crippen LogP contribution < -0.4 is 5.73 Å². The van der Waals surface area contributed by atoms with E-state index in [1.165, 1.54) is 6.92 Å². The lowest BCUT2D eigenvalue weighted by molar-refractivity contribution is -0.151. The van der Waals surface area contributed by atoms with Gasteiger partial charge in [0.15, 0.2) is 0 Å². The highest BCUT2D eigenvalue weighted by Crippen LogP contribution is 2.02. The van der Waals surface area contributed by atoms with Gasteiger partial charge in [-0.05, 0) is 13.8 Å². The van der Waals surface area contributed by atoms with Gasteiger partial charge in [0, 0.05) is 6.54 Å². The van der Waals surface area contributed by atoms with E-state index in [1.54, 1.807) is 6.92 Å². The normalized spacial score (nSPS) is 11.9. The molecule has 0 aliphatic heterocycles. The van der Waals surface area contributed by atoms with Crippen molar-refractivity contribution >= 4 is 17.8 Å². The Labute approximate surface area is 81.7 Å². The number of hydrogen-bond acceptors (Lipinski definition) is 3. The van der Waals surface area contributed by atoms with Gasteiger partial charge in [0.25, 0.3) is 0 Å². The zero-order chi connectivity index (χ0) is 11.3. The topological polar surface area (TPSA) is 101 Å². The molecule has 6 nitrogen and oxygen atoms in total. The van der Waals surface area contributed by atoms with Crippen LogP contribution in [0, 0.1) is 5.92 Å². The highest BCUT2D eigenvalue weighted by Gasteiger charge is 2.25. The van der Waals surface area contributed by atoms with Crippen molar-refractivity contribution in [3.63, 3.8) is 0 Å². The Balaban J connectivity index is 4.45. The van der Waals surface area contributed by atoms with Crippen molar-refractivity contribution in [1.29, 1.82) is 0 Å². The first kappa shape index (κ1) is 12.4. The third-order valence-corrected chi connectivity index (χ3v) is 1.78. The first-order valence-corrected chi connectivity index (χ1v) is 4.20. The van der Waals surface area contributed by atoms with Crippen molar-refractivity contribution < 1.29 is 19.5 Å². The molecule has 0 saturated carbocycles. The molecule has 14 heavy (non-hydrogen) atoms. The molecule has 1 atom stereocenters. The van der Waals surface area contributed by atoms with Gasteiger partial charge >= 0.3 is 5.97 Å². The van der Waals surface area contributed by atoms with Gasteiger partial charge in [-0.3, -0.25) is 14.4 Å². The Kier molecular flexibility index (Phi) is 4.62. The van der Waals surface area contributed by atoms with Crippen molar-refractivity contribution in [3.8, 4) is 0 Å². The molecule has 3 N–H and O–H groups in total. The van der Waals surface area contributed by atoms with E-state index < -0.39 is 23.7 Å². The predicted molar refractivity (Wildman–Crippen MR) is 48.2 cm³/mol. The van der Waals surface area contributed by atoms with E-state index in [-0.39, 0.29) is 13.1 Å². The molecular formula is C8H14N2O4. The molecule has 0 aromatic heterocycles. The fourth-order valence-corrected chi connectivity index (χ4v) is 0.913. The maximum atomic E-state index is 11.4. The zero-order valence-electron chi connectivity index (χ0n) is 8.19. The van der Waals surface area contributed by atoms with E-state index in [0.29, 0.717) is 0 Å². The highest BCUT2D eigenvalue weighted by molar-refractivity contribution is 5.97. The van der Waals surface area contributed by atoms with Crippen LogP contribution in [0.25, 0.3) is 0 Å². The minimum absolute atomic E-state index is 0.243. The Bertz CT molecular complexity index is 252. The fraction of sp³-hybridized carbons (Fsp3) is 0.625. The molecule has 0 aromatic carbocycles.